The summed E-state index contributed by atoms with van der Waals surface area (Å²) in [6, 6.07) is 12.6. The average Bonchev–Trinajstić information content (AvgIpc) is 2.59. The molecule has 126 valence electrons. The van der Waals surface area contributed by atoms with Crippen LogP contribution in [0.4, 0.5) is 0 Å². The van der Waals surface area contributed by atoms with Crippen LogP contribution in [-0.4, -0.2) is 38.7 Å². The Balaban J connectivity index is 1.43. The first-order valence-corrected chi connectivity index (χ1v) is 8.29. The van der Waals surface area contributed by atoms with Gasteiger partial charge in [-0.3, -0.25) is 14.6 Å². The van der Waals surface area contributed by atoms with Gasteiger partial charge < -0.3 is 4.90 Å². The Bertz CT molecular complexity index is 1010. The van der Waals surface area contributed by atoms with Gasteiger partial charge in [-0.25, -0.2) is 4.68 Å². The van der Waals surface area contributed by atoms with E-state index in [0.717, 1.165) is 16.6 Å². The summed E-state index contributed by atoms with van der Waals surface area (Å²) in [5.41, 5.74) is 2.27. The van der Waals surface area contributed by atoms with Gasteiger partial charge in [0.15, 0.2) is 0 Å². The molecular formula is C19H18N4O2. The smallest absolute Gasteiger partial charge is 0.266 e. The highest BCUT2D eigenvalue weighted by atomic mass is 16.2. The van der Waals surface area contributed by atoms with Gasteiger partial charge in [0.25, 0.3) is 11.5 Å². The number of hydrogen-bond donors (Lipinski definition) is 0. The number of carbonyl (C=O) groups excluding carboxylic acids is 1. The van der Waals surface area contributed by atoms with E-state index in [-0.39, 0.29) is 17.4 Å². The minimum absolute atomic E-state index is 0.0200. The van der Waals surface area contributed by atoms with Crippen molar-refractivity contribution in [2.75, 3.05) is 13.1 Å². The van der Waals surface area contributed by atoms with Crippen LogP contribution >= 0.6 is 0 Å². The molecule has 25 heavy (non-hydrogen) atoms. The van der Waals surface area contributed by atoms with Crippen molar-refractivity contribution in [3.8, 4) is 0 Å². The standard InChI is InChI=1S/C19H18N4O2/c1-13-4-7-18(24)23(21-13)12-14-10-22(11-14)19(25)16-5-6-17-15(9-16)3-2-8-20-17/h2-9,14H,10-12H2,1H3. The number of aryl methyl sites for hydroxylation is 1. The lowest BCUT2D eigenvalue weighted by Crippen LogP contribution is -2.52. The molecule has 0 aliphatic carbocycles. The fourth-order valence-corrected chi connectivity index (χ4v) is 3.17. The van der Waals surface area contributed by atoms with E-state index in [0.29, 0.717) is 25.2 Å². The Kier molecular flexibility index (Phi) is 3.80. The van der Waals surface area contributed by atoms with Gasteiger partial charge in [0, 0.05) is 42.2 Å². The number of likely N-dealkylation sites (tertiary alicyclic amines) is 1. The highest BCUT2D eigenvalue weighted by Crippen LogP contribution is 2.21. The lowest BCUT2D eigenvalue weighted by atomic mass is 9.98. The summed E-state index contributed by atoms with van der Waals surface area (Å²) in [6.45, 7) is 3.70. The molecule has 4 rings (SSSR count). The van der Waals surface area contributed by atoms with Gasteiger partial charge in [-0.2, -0.15) is 5.10 Å². The van der Waals surface area contributed by atoms with E-state index in [9.17, 15) is 9.59 Å². The Morgan fingerprint density at radius 1 is 1.20 bits per heavy atom. The molecule has 0 unspecified atom stereocenters. The van der Waals surface area contributed by atoms with E-state index in [1.165, 1.54) is 10.7 Å². The van der Waals surface area contributed by atoms with E-state index in [4.69, 9.17) is 0 Å². The van der Waals surface area contributed by atoms with E-state index in [1.807, 2.05) is 42.2 Å². The highest BCUT2D eigenvalue weighted by Gasteiger charge is 2.31. The van der Waals surface area contributed by atoms with Crippen molar-refractivity contribution in [2.45, 2.75) is 13.5 Å². The maximum atomic E-state index is 12.6. The molecule has 0 bridgehead atoms. The molecule has 1 amide bonds. The zero-order valence-electron chi connectivity index (χ0n) is 13.9. The first-order valence-electron chi connectivity index (χ1n) is 8.29. The van der Waals surface area contributed by atoms with Crippen LogP contribution in [0.25, 0.3) is 10.9 Å². The number of nitrogens with zero attached hydrogens (tertiary/aromatic N) is 4. The summed E-state index contributed by atoms with van der Waals surface area (Å²) in [4.78, 5) is 30.5. The normalized spacial score (nSPS) is 14.5. The SMILES string of the molecule is Cc1ccc(=O)n(CC2CN(C(=O)c3ccc4ncccc4c3)C2)n1. The maximum Gasteiger partial charge on any atom is 0.266 e. The zero-order chi connectivity index (χ0) is 17.4. The molecule has 1 aliphatic heterocycles. The predicted molar refractivity (Wildman–Crippen MR) is 94.4 cm³/mol. The number of carbonyl (C=O) groups is 1. The molecule has 0 spiro atoms. The van der Waals surface area contributed by atoms with Crippen LogP contribution in [0.15, 0.2) is 53.5 Å². The molecule has 0 N–H and O–H groups in total. The fourth-order valence-electron chi connectivity index (χ4n) is 3.17. The lowest BCUT2D eigenvalue weighted by Gasteiger charge is -2.39. The molecule has 3 heterocycles. The summed E-state index contributed by atoms with van der Waals surface area (Å²) < 4.78 is 1.49. The summed E-state index contributed by atoms with van der Waals surface area (Å²) in [5.74, 6) is 0.282. The van der Waals surface area contributed by atoms with Crippen LogP contribution < -0.4 is 5.56 Å². The maximum absolute atomic E-state index is 12.6. The third kappa shape index (κ3) is 3.03. The van der Waals surface area contributed by atoms with Gasteiger partial charge in [0.1, 0.15) is 0 Å². The molecule has 1 aliphatic rings. The average molecular weight is 334 g/mol. The van der Waals surface area contributed by atoms with Crippen molar-refractivity contribution in [3.05, 3.63) is 70.3 Å². The molecule has 0 radical (unpaired) electrons. The van der Waals surface area contributed by atoms with Crippen molar-refractivity contribution in [1.29, 1.82) is 0 Å². The van der Waals surface area contributed by atoms with Gasteiger partial charge in [0.2, 0.25) is 0 Å². The van der Waals surface area contributed by atoms with Crippen molar-refractivity contribution in [3.63, 3.8) is 0 Å². The quantitative estimate of drug-likeness (QED) is 0.733. The number of rotatable bonds is 3. The van der Waals surface area contributed by atoms with Gasteiger partial charge in [-0.05, 0) is 37.3 Å². The Hall–Kier alpha value is -3.02. The van der Waals surface area contributed by atoms with Gasteiger partial charge in [0.05, 0.1) is 17.8 Å². The van der Waals surface area contributed by atoms with Crippen LogP contribution in [0.3, 0.4) is 0 Å². The molecule has 0 saturated carbocycles. The van der Waals surface area contributed by atoms with Crippen LogP contribution in [0.5, 0.6) is 0 Å². The monoisotopic (exact) mass is 334 g/mol. The minimum Gasteiger partial charge on any atom is -0.338 e. The molecule has 6 heteroatoms. The van der Waals surface area contributed by atoms with Crippen molar-refractivity contribution in [2.24, 2.45) is 5.92 Å². The van der Waals surface area contributed by atoms with Crippen molar-refractivity contribution >= 4 is 16.8 Å². The molecule has 1 aromatic carbocycles. The topological polar surface area (TPSA) is 68.1 Å². The van der Waals surface area contributed by atoms with Crippen LogP contribution in [0.1, 0.15) is 16.1 Å². The number of amides is 1. The lowest BCUT2D eigenvalue weighted by molar-refractivity contribution is 0.0458. The first kappa shape index (κ1) is 15.5. The number of fused-ring (bicyclic) bond motifs is 1. The second-order valence-electron chi connectivity index (χ2n) is 6.48. The number of pyridine rings is 1. The van der Waals surface area contributed by atoms with E-state index < -0.39 is 0 Å². The predicted octanol–water partition coefficient (Wildman–Crippen LogP) is 1.87. The number of hydrogen-bond acceptors (Lipinski definition) is 4. The second-order valence-corrected chi connectivity index (χ2v) is 6.48. The zero-order valence-corrected chi connectivity index (χ0v) is 13.9. The molecular weight excluding hydrogens is 316 g/mol. The summed E-state index contributed by atoms with van der Waals surface area (Å²) >= 11 is 0. The summed E-state index contributed by atoms with van der Waals surface area (Å²) in [6.07, 6.45) is 1.74. The van der Waals surface area contributed by atoms with Gasteiger partial charge in [-0.15, -0.1) is 0 Å². The highest BCUT2D eigenvalue weighted by molar-refractivity contribution is 5.98. The summed E-state index contributed by atoms with van der Waals surface area (Å²) in [5, 5.41) is 5.21. The molecule has 1 fully saturated rings. The van der Waals surface area contributed by atoms with E-state index in [1.54, 1.807) is 12.3 Å². The third-order valence-corrected chi connectivity index (χ3v) is 4.53. The molecule has 0 atom stereocenters. The molecule has 1 saturated heterocycles. The van der Waals surface area contributed by atoms with E-state index >= 15 is 0 Å². The van der Waals surface area contributed by atoms with Crippen LogP contribution in [0, 0.1) is 12.8 Å². The Morgan fingerprint density at radius 3 is 2.88 bits per heavy atom. The molecule has 6 nitrogen and oxygen atoms in total. The first-order chi connectivity index (χ1) is 12.1. The Morgan fingerprint density at radius 2 is 2.04 bits per heavy atom. The van der Waals surface area contributed by atoms with Crippen LogP contribution in [-0.2, 0) is 6.54 Å². The number of aromatic nitrogens is 3. The minimum atomic E-state index is -0.0996. The second kappa shape index (κ2) is 6.12. The van der Waals surface area contributed by atoms with E-state index in [2.05, 4.69) is 10.1 Å². The number of benzene rings is 1. The fraction of sp³-hybridized carbons (Fsp3) is 0.263. The molecule has 3 aromatic rings. The van der Waals surface area contributed by atoms with Gasteiger partial charge in [-0.1, -0.05) is 6.07 Å². The van der Waals surface area contributed by atoms with Crippen molar-refractivity contribution < 1.29 is 4.79 Å². The Labute approximate surface area is 144 Å². The van der Waals surface area contributed by atoms with Crippen LogP contribution in [0.2, 0.25) is 0 Å². The van der Waals surface area contributed by atoms with Crippen molar-refractivity contribution in [1.82, 2.24) is 19.7 Å². The molecule has 2 aromatic heterocycles. The largest absolute Gasteiger partial charge is 0.338 e. The third-order valence-electron chi connectivity index (χ3n) is 4.53. The summed E-state index contributed by atoms with van der Waals surface area (Å²) in [7, 11) is 0. The van der Waals surface area contributed by atoms with Gasteiger partial charge >= 0.3 is 0 Å².